The lowest BCUT2D eigenvalue weighted by Crippen LogP contribution is -1.84. The van der Waals surface area contributed by atoms with Crippen LogP contribution in [0.4, 0.5) is 0 Å². The van der Waals surface area contributed by atoms with Crippen molar-refractivity contribution in [3.63, 3.8) is 0 Å². The zero-order valence-corrected chi connectivity index (χ0v) is 10.6. The topological polar surface area (TPSA) is 30.7 Å². The van der Waals surface area contributed by atoms with Crippen LogP contribution in [-0.4, -0.2) is 14.5 Å². The molecular formula is C6H4BrIN3P. The average Bonchev–Trinajstić information content (AvgIpc) is 2.46. The second kappa shape index (κ2) is 3.55. The summed E-state index contributed by atoms with van der Waals surface area (Å²) in [6.07, 6.45) is 4.22. The smallest absolute Gasteiger partial charge is 0.161 e. The Balaban J connectivity index is 2.73. The van der Waals surface area contributed by atoms with Crippen LogP contribution in [0.2, 0.25) is 0 Å². The van der Waals surface area contributed by atoms with Gasteiger partial charge in [0.25, 0.3) is 0 Å². The normalized spacial score (nSPS) is 11.8. The van der Waals surface area contributed by atoms with Crippen molar-refractivity contribution in [2.24, 2.45) is 0 Å². The first-order valence-corrected chi connectivity index (χ1v) is 8.02. The Morgan fingerprint density at radius 3 is 3.08 bits per heavy atom. The van der Waals surface area contributed by atoms with Gasteiger partial charge in [-0.1, -0.05) is 0 Å². The summed E-state index contributed by atoms with van der Waals surface area (Å²) in [7, 11) is 0. The third kappa shape index (κ3) is 1.49. The van der Waals surface area contributed by atoms with Gasteiger partial charge < -0.3 is 0 Å². The number of hydrogen-bond acceptors (Lipinski definition) is 2. The quantitative estimate of drug-likeness (QED) is 0.581. The first-order valence-electron chi connectivity index (χ1n) is 3.17. The lowest BCUT2D eigenvalue weighted by atomic mass is 10.4. The van der Waals surface area contributed by atoms with Gasteiger partial charge in [-0.3, -0.25) is 0 Å². The van der Waals surface area contributed by atoms with Gasteiger partial charge in [0, 0.05) is 16.1 Å². The molecule has 62 valence electrons. The van der Waals surface area contributed by atoms with Crippen molar-refractivity contribution in [3.8, 4) is 0 Å². The predicted octanol–water partition coefficient (Wildman–Crippen LogP) is 2.99. The molecule has 1 atom stereocenters. The van der Waals surface area contributed by atoms with Crippen LogP contribution in [0.25, 0.3) is 11.0 Å². The highest BCUT2D eigenvalue weighted by atomic mass is 127. The second-order valence-electron chi connectivity index (χ2n) is 2.21. The van der Waals surface area contributed by atoms with Crippen molar-refractivity contribution in [2.75, 3.05) is 0 Å². The number of pyridine rings is 1. The van der Waals surface area contributed by atoms with E-state index < -0.39 is 0 Å². The molecule has 6 heteroatoms. The first kappa shape index (κ1) is 8.84. The molecule has 2 heterocycles. The maximum atomic E-state index is 4.27. The molecule has 1 unspecified atom stereocenters. The monoisotopic (exact) mass is 355 g/mol. The molecule has 0 aromatic carbocycles. The van der Waals surface area contributed by atoms with E-state index in [0.717, 1.165) is 15.5 Å². The Morgan fingerprint density at radius 2 is 2.33 bits per heavy atom. The van der Waals surface area contributed by atoms with Crippen LogP contribution < -0.4 is 0 Å². The van der Waals surface area contributed by atoms with Crippen LogP contribution in [0.1, 0.15) is 0 Å². The lowest BCUT2D eigenvalue weighted by Gasteiger charge is -1.94. The van der Waals surface area contributed by atoms with Crippen LogP contribution >= 0.6 is 44.3 Å². The van der Waals surface area contributed by atoms with E-state index in [-0.39, 0.29) is 0 Å². The standard InChI is InChI=1S/C6H4BrIN3P/c7-5-1-4-2-10-11(12-8)6(4)9-3-5/h1-3,12H. The number of fused-ring (bicyclic) bond motifs is 1. The Morgan fingerprint density at radius 1 is 1.50 bits per heavy atom. The summed E-state index contributed by atoms with van der Waals surface area (Å²) >= 11 is 5.65. The fraction of sp³-hybridized carbons (Fsp3) is 0. The summed E-state index contributed by atoms with van der Waals surface area (Å²) in [6, 6.07) is 2.02. The Hall–Kier alpha value is 0.260. The molecule has 2 aromatic rings. The zero-order chi connectivity index (χ0) is 8.55. The number of aromatic nitrogens is 3. The van der Waals surface area contributed by atoms with Crippen LogP contribution in [-0.2, 0) is 0 Å². The highest BCUT2D eigenvalue weighted by Crippen LogP contribution is 2.27. The van der Waals surface area contributed by atoms with Gasteiger partial charge in [0.1, 0.15) is 0 Å². The van der Waals surface area contributed by atoms with Gasteiger partial charge in [0.2, 0.25) is 0 Å². The maximum Gasteiger partial charge on any atom is 0.161 e. The number of hydrogen-bond donors (Lipinski definition) is 0. The third-order valence-electron chi connectivity index (χ3n) is 1.45. The van der Waals surface area contributed by atoms with Crippen LogP contribution in [0.3, 0.4) is 0 Å². The molecule has 3 nitrogen and oxygen atoms in total. The Labute approximate surface area is 92.4 Å². The van der Waals surface area contributed by atoms with Gasteiger partial charge in [-0.25, -0.2) is 9.44 Å². The van der Waals surface area contributed by atoms with E-state index in [2.05, 4.69) is 48.1 Å². The van der Waals surface area contributed by atoms with Crippen molar-refractivity contribution in [1.29, 1.82) is 0 Å². The molecule has 0 radical (unpaired) electrons. The van der Waals surface area contributed by atoms with Gasteiger partial charge in [-0.15, -0.1) is 0 Å². The number of nitrogens with zero attached hydrogens (tertiary/aromatic N) is 3. The Bertz CT molecular complexity index is 416. The minimum Gasteiger partial charge on any atom is -0.235 e. The van der Waals surface area contributed by atoms with E-state index >= 15 is 0 Å². The highest BCUT2D eigenvalue weighted by Gasteiger charge is 2.02. The summed E-state index contributed by atoms with van der Waals surface area (Å²) in [5, 5.41) is 5.27. The van der Waals surface area contributed by atoms with Gasteiger partial charge in [0.05, 0.1) is 12.6 Å². The first-order chi connectivity index (χ1) is 5.81. The molecule has 0 saturated heterocycles. The van der Waals surface area contributed by atoms with Gasteiger partial charge in [-0.2, -0.15) is 5.10 Å². The fourth-order valence-corrected chi connectivity index (χ4v) is 2.73. The molecule has 12 heavy (non-hydrogen) atoms. The lowest BCUT2D eigenvalue weighted by molar-refractivity contribution is 1.02. The second-order valence-corrected chi connectivity index (χ2v) is 5.16. The SMILES string of the molecule is Brc1cnc2c(cnn2PI)c1. The molecule has 0 aliphatic rings. The average molecular weight is 356 g/mol. The molecule has 0 aliphatic carbocycles. The molecule has 0 N–H and O–H groups in total. The zero-order valence-electron chi connectivity index (χ0n) is 5.83. The summed E-state index contributed by atoms with van der Waals surface area (Å²) in [6.45, 7) is 0. The van der Waals surface area contributed by atoms with Crippen molar-refractivity contribution in [3.05, 3.63) is 22.9 Å². The number of rotatable bonds is 1. The molecule has 0 bridgehead atoms. The van der Waals surface area contributed by atoms with Gasteiger partial charge >= 0.3 is 0 Å². The van der Waals surface area contributed by atoms with Crippen molar-refractivity contribution < 1.29 is 0 Å². The van der Waals surface area contributed by atoms with E-state index in [9.17, 15) is 0 Å². The van der Waals surface area contributed by atoms with Crippen LogP contribution in [0.15, 0.2) is 22.9 Å². The molecule has 2 aromatic heterocycles. The summed E-state index contributed by atoms with van der Waals surface area (Å²) in [4.78, 5) is 4.27. The van der Waals surface area contributed by atoms with E-state index in [1.807, 2.05) is 16.7 Å². The van der Waals surface area contributed by atoms with Crippen molar-refractivity contribution in [1.82, 2.24) is 14.5 Å². The van der Waals surface area contributed by atoms with E-state index in [4.69, 9.17) is 0 Å². The van der Waals surface area contributed by atoms with Crippen molar-refractivity contribution in [2.45, 2.75) is 0 Å². The highest BCUT2D eigenvalue weighted by molar-refractivity contribution is 14.2. The van der Waals surface area contributed by atoms with Crippen LogP contribution in [0.5, 0.6) is 0 Å². The summed E-state index contributed by atoms with van der Waals surface area (Å²) in [5.41, 5.74) is 0.950. The largest absolute Gasteiger partial charge is 0.235 e. The third-order valence-corrected chi connectivity index (χ3v) is 3.75. The van der Waals surface area contributed by atoms with E-state index in [0.29, 0.717) is 6.37 Å². The van der Waals surface area contributed by atoms with Gasteiger partial charge in [0.15, 0.2) is 5.65 Å². The summed E-state index contributed by atoms with van der Waals surface area (Å²) < 4.78 is 2.88. The number of halogens is 2. The minimum absolute atomic E-state index is 0.603. The fourth-order valence-electron chi connectivity index (χ4n) is 0.956. The molecule has 2 rings (SSSR count). The summed E-state index contributed by atoms with van der Waals surface area (Å²) in [5.74, 6) is 0. The molecular weight excluding hydrogens is 352 g/mol. The maximum absolute atomic E-state index is 4.27. The molecule has 0 spiro atoms. The molecule has 0 saturated carbocycles. The Kier molecular flexibility index (Phi) is 2.62. The van der Waals surface area contributed by atoms with E-state index in [1.165, 1.54) is 0 Å². The van der Waals surface area contributed by atoms with Crippen LogP contribution in [0, 0.1) is 0 Å². The minimum atomic E-state index is 0.603. The molecule has 0 amide bonds. The van der Waals surface area contributed by atoms with E-state index in [1.54, 1.807) is 6.20 Å². The molecule has 0 fully saturated rings. The van der Waals surface area contributed by atoms with Gasteiger partial charge in [-0.05, 0) is 44.0 Å². The van der Waals surface area contributed by atoms with Crippen molar-refractivity contribution >= 4 is 55.4 Å². The predicted molar refractivity (Wildman–Crippen MR) is 63.0 cm³/mol. The molecule has 0 aliphatic heterocycles.